The molecule has 6 nitrogen and oxygen atoms in total. The van der Waals surface area contributed by atoms with Crippen LogP contribution in [0.15, 0.2) is 18.2 Å². The summed E-state index contributed by atoms with van der Waals surface area (Å²) in [7, 11) is 1.63. The zero-order valence-electron chi connectivity index (χ0n) is 15.5. The van der Waals surface area contributed by atoms with E-state index in [0.717, 1.165) is 32.0 Å². The molecule has 2 heterocycles. The molecule has 8 heteroatoms. The molecule has 2 saturated heterocycles. The number of carbonyl (C=O) groups is 2. The Kier molecular flexibility index (Phi) is 6.34. The van der Waals surface area contributed by atoms with Gasteiger partial charge in [0.25, 0.3) is 5.91 Å². The van der Waals surface area contributed by atoms with Crippen molar-refractivity contribution in [1.29, 1.82) is 0 Å². The van der Waals surface area contributed by atoms with Crippen molar-refractivity contribution in [3.63, 3.8) is 0 Å². The van der Waals surface area contributed by atoms with Gasteiger partial charge in [-0.05, 0) is 44.1 Å². The molecule has 3 rings (SSSR count). The van der Waals surface area contributed by atoms with Crippen molar-refractivity contribution in [2.24, 2.45) is 5.41 Å². The molecule has 2 fully saturated rings. The number of nitrogens with one attached hydrogen (secondary N) is 1. The molecule has 2 amide bonds. The first-order valence-corrected chi connectivity index (χ1v) is 9.58. The lowest BCUT2D eigenvalue weighted by atomic mass is 9.78. The van der Waals surface area contributed by atoms with E-state index in [1.807, 2.05) is 4.90 Å². The normalized spacial score (nSPS) is 19.8. The molecular formula is C19H25ClFN3O3. The Morgan fingerprint density at radius 2 is 1.81 bits per heavy atom. The zero-order chi connectivity index (χ0) is 19.4. The third-order valence-electron chi connectivity index (χ3n) is 5.45. The number of hydrogen-bond donors (Lipinski definition) is 1. The van der Waals surface area contributed by atoms with Crippen LogP contribution in [0.4, 0.5) is 4.39 Å². The van der Waals surface area contributed by atoms with Gasteiger partial charge in [0.2, 0.25) is 5.91 Å². The number of rotatable bonds is 4. The van der Waals surface area contributed by atoms with Crippen LogP contribution < -0.4 is 5.32 Å². The van der Waals surface area contributed by atoms with Crippen LogP contribution in [0.1, 0.15) is 23.2 Å². The molecule has 0 spiro atoms. The predicted octanol–water partition coefficient (Wildman–Crippen LogP) is 1.78. The molecule has 2 aliphatic rings. The van der Waals surface area contributed by atoms with Gasteiger partial charge >= 0.3 is 0 Å². The first-order valence-electron chi connectivity index (χ1n) is 9.20. The molecule has 1 N–H and O–H groups in total. The number of nitrogens with zero attached hydrogens (tertiary/aromatic N) is 2. The van der Waals surface area contributed by atoms with E-state index in [0.29, 0.717) is 32.8 Å². The number of methoxy groups -OCH3 is 1. The van der Waals surface area contributed by atoms with Crippen LogP contribution in [0.3, 0.4) is 0 Å². The predicted molar refractivity (Wildman–Crippen MR) is 100 cm³/mol. The molecule has 1 aromatic carbocycles. The van der Waals surface area contributed by atoms with E-state index >= 15 is 0 Å². The first kappa shape index (κ1) is 20.0. The van der Waals surface area contributed by atoms with E-state index in [9.17, 15) is 14.0 Å². The summed E-state index contributed by atoms with van der Waals surface area (Å²) < 4.78 is 18.6. The molecule has 0 saturated carbocycles. The fraction of sp³-hybridized carbons (Fsp3) is 0.579. The average molecular weight is 398 g/mol. The molecular weight excluding hydrogens is 373 g/mol. The number of carbonyl (C=O) groups excluding carboxylic acids is 2. The van der Waals surface area contributed by atoms with Gasteiger partial charge in [-0.25, -0.2) is 4.39 Å². The number of piperazine rings is 1. The lowest BCUT2D eigenvalue weighted by Gasteiger charge is -2.42. The molecule has 0 aromatic heterocycles. The minimum absolute atomic E-state index is 0.104. The molecule has 1 aromatic rings. The third kappa shape index (κ3) is 4.25. The number of halogens is 2. The summed E-state index contributed by atoms with van der Waals surface area (Å²) in [4.78, 5) is 29.3. The summed E-state index contributed by atoms with van der Waals surface area (Å²) in [5.41, 5.74) is -0.195. The monoisotopic (exact) mass is 397 g/mol. The molecule has 2 aliphatic heterocycles. The van der Waals surface area contributed by atoms with Crippen molar-refractivity contribution in [3.8, 4) is 0 Å². The van der Waals surface area contributed by atoms with Gasteiger partial charge in [-0.1, -0.05) is 11.6 Å². The van der Waals surface area contributed by atoms with Gasteiger partial charge in [0.05, 0.1) is 22.6 Å². The van der Waals surface area contributed by atoms with E-state index in [2.05, 4.69) is 5.32 Å². The molecule has 148 valence electrons. The van der Waals surface area contributed by atoms with E-state index in [4.69, 9.17) is 16.3 Å². The Bertz CT molecular complexity index is 696. The van der Waals surface area contributed by atoms with Gasteiger partial charge in [0, 0.05) is 33.3 Å². The minimum Gasteiger partial charge on any atom is -0.384 e. The highest BCUT2D eigenvalue weighted by molar-refractivity contribution is 6.33. The Hall–Kier alpha value is -1.70. The van der Waals surface area contributed by atoms with Crippen LogP contribution in [-0.2, 0) is 9.53 Å². The number of benzene rings is 1. The van der Waals surface area contributed by atoms with Crippen LogP contribution in [-0.4, -0.2) is 74.6 Å². The third-order valence-corrected chi connectivity index (χ3v) is 5.76. The van der Waals surface area contributed by atoms with Gasteiger partial charge < -0.3 is 19.9 Å². The fourth-order valence-electron chi connectivity index (χ4n) is 3.88. The van der Waals surface area contributed by atoms with Crippen molar-refractivity contribution < 1.29 is 18.7 Å². The highest BCUT2D eigenvalue weighted by Crippen LogP contribution is 2.32. The van der Waals surface area contributed by atoms with E-state index in [-0.39, 0.29) is 22.4 Å². The lowest BCUT2D eigenvalue weighted by molar-refractivity contribution is -0.149. The van der Waals surface area contributed by atoms with Crippen molar-refractivity contribution in [2.45, 2.75) is 12.8 Å². The minimum atomic E-state index is -0.480. The maximum absolute atomic E-state index is 13.2. The Morgan fingerprint density at radius 3 is 2.41 bits per heavy atom. The van der Waals surface area contributed by atoms with Gasteiger partial charge in [-0.15, -0.1) is 0 Å². The van der Waals surface area contributed by atoms with Gasteiger partial charge in [-0.3, -0.25) is 9.59 Å². The highest BCUT2D eigenvalue weighted by Gasteiger charge is 2.43. The molecule has 0 aliphatic carbocycles. The second-order valence-corrected chi connectivity index (χ2v) is 7.58. The number of ether oxygens (including phenoxy) is 1. The van der Waals surface area contributed by atoms with E-state index < -0.39 is 11.2 Å². The summed E-state index contributed by atoms with van der Waals surface area (Å²) in [5.74, 6) is -0.601. The van der Waals surface area contributed by atoms with Gasteiger partial charge in [0.1, 0.15) is 5.82 Å². The second-order valence-electron chi connectivity index (χ2n) is 7.17. The summed E-state index contributed by atoms with van der Waals surface area (Å²) in [6.45, 7) is 3.83. The van der Waals surface area contributed by atoms with Crippen LogP contribution in [0.25, 0.3) is 0 Å². The Morgan fingerprint density at radius 1 is 1.19 bits per heavy atom. The van der Waals surface area contributed by atoms with Crippen LogP contribution in [0.2, 0.25) is 5.02 Å². The largest absolute Gasteiger partial charge is 0.384 e. The zero-order valence-corrected chi connectivity index (χ0v) is 16.2. The number of piperidine rings is 1. The van der Waals surface area contributed by atoms with Gasteiger partial charge in [0.15, 0.2) is 0 Å². The van der Waals surface area contributed by atoms with Crippen LogP contribution in [0.5, 0.6) is 0 Å². The smallest absolute Gasteiger partial charge is 0.255 e. The summed E-state index contributed by atoms with van der Waals surface area (Å²) in [6, 6.07) is 3.77. The quantitative estimate of drug-likeness (QED) is 0.841. The van der Waals surface area contributed by atoms with Crippen molar-refractivity contribution in [2.75, 3.05) is 53.0 Å². The molecule has 0 atom stereocenters. The lowest BCUT2D eigenvalue weighted by Crippen LogP contribution is -2.57. The van der Waals surface area contributed by atoms with Crippen molar-refractivity contribution >= 4 is 23.4 Å². The average Bonchev–Trinajstić information content (AvgIpc) is 2.68. The van der Waals surface area contributed by atoms with Crippen molar-refractivity contribution in [3.05, 3.63) is 34.6 Å². The van der Waals surface area contributed by atoms with E-state index in [1.54, 1.807) is 12.0 Å². The van der Waals surface area contributed by atoms with Gasteiger partial charge in [-0.2, -0.15) is 0 Å². The standard InChI is InChI=1S/C19H25ClFN3O3/c1-27-13-19(4-6-22-7-5-19)18(26)24-10-8-23(9-11-24)17(25)15-3-2-14(21)12-16(15)20/h2-3,12,22H,4-11,13H2,1H3. The molecule has 0 radical (unpaired) electrons. The van der Waals surface area contributed by atoms with Crippen LogP contribution >= 0.6 is 11.6 Å². The van der Waals surface area contributed by atoms with Crippen molar-refractivity contribution in [1.82, 2.24) is 15.1 Å². The topological polar surface area (TPSA) is 61.9 Å². The molecule has 27 heavy (non-hydrogen) atoms. The van der Waals surface area contributed by atoms with E-state index in [1.165, 1.54) is 12.1 Å². The Labute approximate surface area is 163 Å². The number of amides is 2. The maximum Gasteiger partial charge on any atom is 0.255 e. The fourth-order valence-corrected chi connectivity index (χ4v) is 4.13. The van der Waals surface area contributed by atoms with Crippen LogP contribution in [0, 0.1) is 11.2 Å². The highest BCUT2D eigenvalue weighted by atomic mass is 35.5. The summed E-state index contributed by atoms with van der Waals surface area (Å²) in [6.07, 6.45) is 1.51. The summed E-state index contributed by atoms with van der Waals surface area (Å²) in [5, 5.41) is 3.39. The Balaban J connectivity index is 1.64. The molecule has 0 bridgehead atoms. The summed E-state index contributed by atoms with van der Waals surface area (Å²) >= 11 is 6.01. The maximum atomic E-state index is 13.2. The first-order chi connectivity index (χ1) is 13.0. The second kappa shape index (κ2) is 8.54. The molecule has 0 unspecified atom stereocenters. The number of hydrogen-bond acceptors (Lipinski definition) is 4. The SMILES string of the molecule is COCC1(C(=O)N2CCN(C(=O)c3ccc(F)cc3Cl)CC2)CCNCC1.